The number of carbonyl (C=O) groups excluding carboxylic acids is 2. The van der Waals surface area contributed by atoms with Crippen LogP contribution < -0.4 is 0 Å². The Morgan fingerprint density at radius 1 is 1.00 bits per heavy atom. The molecule has 7 heteroatoms. The molecule has 0 amide bonds. The molecule has 0 aliphatic rings. The number of esters is 1. The number of Topliss-reactive ketones (excluding diaryl/α,β-unsaturated/α-hetero) is 1. The molecule has 0 unspecified atom stereocenters. The second kappa shape index (κ2) is 8.04. The molecule has 2 rings (SSSR count). The van der Waals surface area contributed by atoms with Crippen LogP contribution in [0.2, 0.25) is 0 Å². The molecule has 0 radical (unpaired) electrons. The summed E-state index contributed by atoms with van der Waals surface area (Å²) < 4.78 is 31.5. The minimum Gasteiger partial charge on any atom is -0.468 e. The molecule has 2 aromatic carbocycles. The zero-order valence-corrected chi connectivity index (χ0v) is 14.8. The van der Waals surface area contributed by atoms with Crippen molar-refractivity contribution in [2.24, 2.45) is 0 Å². The first-order valence-electron chi connectivity index (χ1n) is 7.56. The van der Waals surface area contributed by atoms with Gasteiger partial charge < -0.3 is 4.74 Å². The van der Waals surface area contributed by atoms with Crippen LogP contribution in [0.3, 0.4) is 0 Å². The van der Waals surface area contributed by atoms with Gasteiger partial charge >= 0.3 is 5.97 Å². The van der Waals surface area contributed by atoms with Gasteiger partial charge in [-0.05, 0) is 24.6 Å². The number of benzene rings is 2. The van der Waals surface area contributed by atoms with Crippen LogP contribution in [0.1, 0.15) is 22.8 Å². The molecule has 0 saturated heterocycles. The largest absolute Gasteiger partial charge is 0.468 e. The van der Waals surface area contributed by atoms with E-state index in [9.17, 15) is 18.0 Å². The van der Waals surface area contributed by atoms with Gasteiger partial charge in [0.25, 0.3) is 0 Å². The Hall–Kier alpha value is -2.51. The smallest absolute Gasteiger partial charge is 0.321 e. The number of sulfonamides is 1. The van der Waals surface area contributed by atoms with Crippen LogP contribution in [0.4, 0.5) is 0 Å². The maximum Gasteiger partial charge on any atom is 0.321 e. The van der Waals surface area contributed by atoms with Gasteiger partial charge in [-0.15, -0.1) is 0 Å². The number of hydrogen-bond donors (Lipinski definition) is 0. The molecule has 0 fully saturated rings. The fraction of sp³-hybridized carbons (Fsp3) is 0.222. The van der Waals surface area contributed by atoms with Gasteiger partial charge in [0.1, 0.15) is 6.54 Å². The summed E-state index contributed by atoms with van der Waals surface area (Å²) in [6.45, 7) is 1.04. The average molecular weight is 361 g/mol. The van der Waals surface area contributed by atoms with Crippen molar-refractivity contribution in [2.45, 2.75) is 18.4 Å². The lowest BCUT2D eigenvalue weighted by Gasteiger charge is -2.21. The van der Waals surface area contributed by atoms with Crippen LogP contribution in [-0.2, 0) is 26.1 Å². The second-order valence-electron chi connectivity index (χ2n) is 5.42. The summed E-state index contributed by atoms with van der Waals surface area (Å²) in [5.74, 6) is -0.806. The number of ketones is 1. The number of ether oxygens (including phenoxy) is 1. The van der Waals surface area contributed by atoms with Gasteiger partial charge in [0.05, 0.1) is 12.0 Å². The molecule has 0 aromatic heterocycles. The number of rotatable bonds is 7. The number of methoxy groups -OCH3 is 1. The lowest BCUT2D eigenvalue weighted by Crippen LogP contribution is -2.35. The van der Waals surface area contributed by atoms with E-state index in [1.54, 1.807) is 24.3 Å². The van der Waals surface area contributed by atoms with E-state index in [2.05, 4.69) is 4.74 Å². The van der Waals surface area contributed by atoms with E-state index in [-0.39, 0.29) is 17.2 Å². The Labute approximate surface area is 147 Å². The molecule has 0 N–H and O–H groups in total. The number of nitrogens with zero attached hydrogens (tertiary/aromatic N) is 1. The van der Waals surface area contributed by atoms with Crippen LogP contribution >= 0.6 is 0 Å². The lowest BCUT2D eigenvalue weighted by atomic mass is 10.2. The van der Waals surface area contributed by atoms with Gasteiger partial charge in [0, 0.05) is 12.1 Å². The van der Waals surface area contributed by atoms with Crippen LogP contribution in [-0.4, -0.2) is 38.1 Å². The summed E-state index contributed by atoms with van der Waals surface area (Å²) in [6, 6.07) is 14.6. The minimum atomic E-state index is -3.93. The van der Waals surface area contributed by atoms with E-state index in [0.29, 0.717) is 5.56 Å². The third-order valence-corrected chi connectivity index (χ3v) is 5.44. The zero-order valence-electron chi connectivity index (χ0n) is 14.0. The van der Waals surface area contributed by atoms with Gasteiger partial charge in [0.15, 0.2) is 5.78 Å². The van der Waals surface area contributed by atoms with Crippen molar-refractivity contribution in [1.82, 2.24) is 4.31 Å². The molecule has 0 saturated carbocycles. The van der Waals surface area contributed by atoms with E-state index < -0.39 is 22.5 Å². The first-order valence-corrected chi connectivity index (χ1v) is 9.00. The summed E-state index contributed by atoms with van der Waals surface area (Å²) in [7, 11) is -2.72. The molecule has 0 atom stereocenters. The summed E-state index contributed by atoms with van der Waals surface area (Å²) >= 11 is 0. The summed E-state index contributed by atoms with van der Waals surface area (Å²) in [6.07, 6.45) is 0. The molecule has 0 aliphatic carbocycles. The third kappa shape index (κ3) is 4.74. The van der Waals surface area contributed by atoms with Gasteiger partial charge in [-0.2, -0.15) is 4.31 Å². The molecule has 0 heterocycles. The van der Waals surface area contributed by atoms with Crippen molar-refractivity contribution in [3.8, 4) is 0 Å². The molecule has 132 valence electrons. The first-order chi connectivity index (χ1) is 11.8. The molecule has 0 spiro atoms. The predicted molar refractivity (Wildman–Crippen MR) is 92.5 cm³/mol. The van der Waals surface area contributed by atoms with Gasteiger partial charge in [-0.1, -0.05) is 42.5 Å². The molecular formula is C18H19NO5S. The maximum atomic E-state index is 12.9. The van der Waals surface area contributed by atoms with Crippen molar-refractivity contribution in [3.05, 3.63) is 65.7 Å². The topological polar surface area (TPSA) is 80.8 Å². The van der Waals surface area contributed by atoms with E-state index in [1.807, 2.05) is 6.07 Å². The quantitative estimate of drug-likeness (QED) is 0.558. The molecule has 0 aliphatic heterocycles. The van der Waals surface area contributed by atoms with Gasteiger partial charge in [-0.3, -0.25) is 9.59 Å². The highest BCUT2D eigenvalue weighted by Crippen LogP contribution is 2.19. The van der Waals surface area contributed by atoms with Crippen molar-refractivity contribution in [2.75, 3.05) is 13.7 Å². The van der Waals surface area contributed by atoms with Crippen molar-refractivity contribution >= 4 is 21.8 Å². The van der Waals surface area contributed by atoms with Crippen LogP contribution in [0, 0.1) is 0 Å². The Morgan fingerprint density at radius 3 is 2.12 bits per heavy atom. The first kappa shape index (κ1) is 18.8. The van der Waals surface area contributed by atoms with E-state index in [4.69, 9.17) is 0 Å². The minimum absolute atomic E-state index is 0.0114. The monoisotopic (exact) mass is 361 g/mol. The lowest BCUT2D eigenvalue weighted by molar-refractivity contribution is -0.140. The van der Waals surface area contributed by atoms with Crippen LogP contribution in [0.5, 0.6) is 0 Å². The molecule has 25 heavy (non-hydrogen) atoms. The fourth-order valence-electron chi connectivity index (χ4n) is 2.23. The van der Waals surface area contributed by atoms with Gasteiger partial charge in [0.2, 0.25) is 10.0 Å². The second-order valence-corrected chi connectivity index (χ2v) is 7.35. The van der Waals surface area contributed by atoms with Crippen molar-refractivity contribution < 1.29 is 22.7 Å². The maximum absolute atomic E-state index is 12.9. The van der Waals surface area contributed by atoms with Gasteiger partial charge in [-0.25, -0.2) is 8.42 Å². The van der Waals surface area contributed by atoms with E-state index in [0.717, 1.165) is 9.87 Å². The third-order valence-electron chi connectivity index (χ3n) is 3.63. The Kier molecular flexibility index (Phi) is 6.06. The standard InChI is InChI=1S/C18H19NO5S/c1-14(20)16-8-10-17(11-9-16)25(22,23)19(13-18(21)24-2)12-15-6-4-3-5-7-15/h3-11H,12-13H2,1-2H3. The summed E-state index contributed by atoms with van der Waals surface area (Å²) in [5, 5.41) is 0. The summed E-state index contributed by atoms with van der Waals surface area (Å²) in [4.78, 5) is 23.0. The molecule has 6 nitrogen and oxygen atoms in total. The molecule has 2 aromatic rings. The highest BCUT2D eigenvalue weighted by atomic mass is 32.2. The average Bonchev–Trinajstić information content (AvgIpc) is 2.62. The Balaban J connectivity index is 2.36. The van der Waals surface area contributed by atoms with Crippen molar-refractivity contribution in [1.29, 1.82) is 0 Å². The van der Waals surface area contributed by atoms with Crippen LogP contribution in [0.25, 0.3) is 0 Å². The fourth-order valence-corrected chi connectivity index (χ4v) is 3.60. The Bertz CT molecular complexity index is 845. The molecular weight excluding hydrogens is 342 g/mol. The predicted octanol–water partition coefficient (Wildman–Crippen LogP) is 2.25. The van der Waals surface area contributed by atoms with E-state index in [1.165, 1.54) is 38.3 Å². The number of hydrogen-bond acceptors (Lipinski definition) is 5. The number of carbonyl (C=O) groups is 2. The highest BCUT2D eigenvalue weighted by Gasteiger charge is 2.27. The molecule has 0 bridgehead atoms. The zero-order chi connectivity index (χ0) is 18.4. The SMILES string of the molecule is COC(=O)CN(Cc1ccccc1)S(=O)(=O)c1ccc(C(C)=O)cc1. The Morgan fingerprint density at radius 2 is 1.60 bits per heavy atom. The summed E-state index contributed by atoms with van der Waals surface area (Å²) in [5.41, 5.74) is 1.16. The normalized spacial score (nSPS) is 11.3. The van der Waals surface area contributed by atoms with Crippen molar-refractivity contribution in [3.63, 3.8) is 0 Å². The van der Waals surface area contributed by atoms with E-state index >= 15 is 0 Å². The highest BCUT2D eigenvalue weighted by molar-refractivity contribution is 7.89. The van der Waals surface area contributed by atoms with Crippen LogP contribution in [0.15, 0.2) is 59.5 Å².